The highest BCUT2D eigenvalue weighted by Gasteiger charge is 2.28. The maximum absolute atomic E-state index is 13.6. The molecule has 0 saturated carbocycles. The lowest BCUT2D eigenvalue weighted by atomic mass is 9.98. The molecular formula is C26H24FNO3. The number of nitrogens with one attached hydrogen (secondary N) is 1. The Bertz CT molecular complexity index is 1060. The number of hydrogen-bond donors (Lipinski definition) is 1. The molecule has 0 atom stereocenters. The molecule has 1 N–H and O–H groups in total. The molecule has 0 aromatic heterocycles. The van der Waals surface area contributed by atoms with E-state index in [0.717, 1.165) is 0 Å². The summed E-state index contributed by atoms with van der Waals surface area (Å²) in [7, 11) is 0. The third-order valence-electron chi connectivity index (χ3n) is 5.22. The summed E-state index contributed by atoms with van der Waals surface area (Å²) in [5, 5.41) is 2.71. The lowest BCUT2D eigenvalue weighted by Gasteiger charge is -2.14. The smallest absolute Gasteiger partial charge is 0.407 e. The van der Waals surface area contributed by atoms with Crippen LogP contribution in [0.4, 0.5) is 9.18 Å². The molecule has 0 heterocycles. The summed E-state index contributed by atoms with van der Waals surface area (Å²) in [4.78, 5) is 12.2. The van der Waals surface area contributed by atoms with Gasteiger partial charge in [0.1, 0.15) is 18.2 Å². The largest absolute Gasteiger partial charge is 0.494 e. The van der Waals surface area contributed by atoms with Crippen LogP contribution in [0.5, 0.6) is 5.75 Å². The number of ether oxygens (including phenoxy) is 2. The molecule has 1 aliphatic rings. The zero-order valence-corrected chi connectivity index (χ0v) is 17.3. The Labute approximate surface area is 181 Å². The van der Waals surface area contributed by atoms with Crippen molar-refractivity contribution in [2.75, 3.05) is 19.8 Å². The van der Waals surface area contributed by atoms with Crippen molar-refractivity contribution >= 4 is 12.2 Å². The van der Waals surface area contributed by atoms with Gasteiger partial charge in [-0.05, 0) is 46.9 Å². The Morgan fingerprint density at radius 2 is 1.71 bits per heavy atom. The Balaban J connectivity index is 1.32. The van der Waals surface area contributed by atoms with Gasteiger partial charge in [-0.15, -0.1) is 0 Å². The molecule has 0 spiro atoms. The summed E-state index contributed by atoms with van der Waals surface area (Å²) in [6, 6.07) is 20.9. The molecule has 0 fully saturated rings. The molecule has 158 valence electrons. The molecule has 3 aromatic carbocycles. The number of hydrogen-bond acceptors (Lipinski definition) is 3. The van der Waals surface area contributed by atoms with Gasteiger partial charge in [0, 0.05) is 18.5 Å². The molecular weight excluding hydrogens is 393 g/mol. The lowest BCUT2D eigenvalue weighted by Crippen LogP contribution is -2.26. The van der Waals surface area contributed by atoms with Gasteiger partial charge in [-0.25, -0.2) is 9.18 Å². The number of alkyl carbamates (subject to hydrolysis) is 1. The van der Waals surface area contributed by atoms with Crippen molar-refractivity contribution in [1.29, 1.82) is 0 Å². The van der Waals surface area contributed by atoms with E-state index >= 15 is 0 Å². The summed E-state index contributed by atoms with van der Waals surface area (Å²) in [5.41, 5.74) is 5.39. The minimum absolute atomic E-state index is 0.0259. The third kappa shape index (κ3) is 4.77. The van der Waals surface area contributed by atoms with Gasteiger partial charge in [0.05, 0.1) is 6.61 Å². The third-order valence-corrected chi connectivity index (χ3v) is 5.22. The van der Waals surface area contributed by atoms with Crippen LogP contribution in [0.3, 0.4) is 0 Å². The van der Waals surface area contributed by atoms with E-state index in [2.05, 4.69) is 29.6 Å². The van der Waals surface area contributed by atoms with Gasteiger partial charge in [-0.3, -0.25) is 0 Å². The van der Waals surface area contributed by atoms with Crippen molar-refractivity contribution in [3.63, 3.8) is 0 Å². The van der Waals surface area contributed by atoms with E-state index in [4.69, 9.17) is 9.47 Å². The minimum Gasteiger partial charge on any atom is -0.494 e. The Hall–Kier alpha value is -3.60. The second kappa shape index (κ2) is 9.47. The highest BCUT2D eigenvalue weighted by molar-refractivity contribution is 5.79. The second-order valence-corrected chi connectivity index (χ2v) is 7.26. The first-order valence-corrected chi connectivity index (χ1v) is 10.3. The Morgan fingerprint density at radius 1 is 1.03 bits per heavy atom. The molecule has 1 amide bonds. The average Bonchev–Trinajstić information content (AvgIpc) is 3.09. The van der Waals surface area contributed by atoms with Crippen molar-refractivity contribution in [2.45, 2.75) is 12.8 Å². The number of benzene rings is 3. The van der Waals surface area contributed by atoms with E-state index < -0.39 is 6.09 Å². The van der Waals surface area contributed by atoms with E-state index in [0.29, 0.717) is 17.9 Å². The van der Waals surface area contributed by atoms with Crippen molar-refractivity contribution in [1.82, 2.24) is 5.32 Å². The fourth-order valence-electron chi connectivity index (χ4n) is 3.92. The molecule has 0 saturated heterocycles. The van der Waals surface area contributed by atoms with Gasteiger partial charge in [0.15, 0.2) is 0 Å². The van der Waals surface area contributed by atoms with Crippen LogP contribution in [0, 0.1) is 5.82 Å². The zero-order chi connectivity index (χ0) is 21.6. The molecule has 4 rings (SSSR count). The van der Waals surface area contributed by atoms with Crippen LogP contribution in [0.1, 0.15) is 29.5 Å². The van der Waals surface area contributed by atoms with Gasteiger partial charge in [0.2, 0.25) is 0 Å². The zero-order valence-electron chi connectivity index (χ0n) is 17.3. The minimum atomic E-state index is -0.485. The summed E-state index contributed by atoms with van der Waals surface area (Å²) >= 11 is 0. The fourth-order valence-corrected chi connectivity index (χ4v) is 3.92. The standard InChI is InChI=1S/C26H24FNO3/c1-2-30-20-15-18(14-19(27)16-20)8-7-13-28-26(29)31-17-25-23-11-5-3-9-21(23)22-10-4-6-12-24(22)25/h3-12,14-16,25H,2,13,17H2,1H3,(H,28,29). The van der Waals surface area contributed by atoms with Gasteiger partial charge in [-0.2, -0.15) is 0 Å². The number of carbonyl (C=O) groups is 1. The lowest BCUT2D eigenvalue weighted by molar-refractivity contribution is 0.144. The van der Waals surface area contributed by atoms with E-state index in [1.165, 1.54) is 34.4 Å². The van der Waals surface area contributed by atoms with Crippen molar-refractivity contribution in [3.05, 3.63) is 95.3 Å². The quantitative estimate of drug-likeness (QED) is 0.530. The molecule has 0 radical (unpaired) electrons. The number of carbonyl (C=O) groups excluding carboxylic acids is 1. The van der Waals surface area contributed by atoms with Gasteiger partial charge < -0.3 is 14.8 Å². The predicted molar refractivity (Wildman–Crippen MR) is 120 cm³/mol. The maximum atomic E-state index is 13.6. The molecule has 3 aromatic rings. The Morgan fingerprint density at radius 3 is 2.39 bits per heavy atom. The van der Waals surface area contributed by atoms with Crippen LogP contribution in [0.15, 0.2) is 72.8 Å². The molecule has 1 aliphatic carbocycles. The van der Waals surface area contributed by atoms with Crippen LogP contribution < -0.4 is 10.1 Å². The monoisotopic (exact) mass is 417 g/mol. The van der Waals surface area contributed by atoms with Crippen molar-refractivity contribution in [3.8, 4) is 16.9 Å². The van der Waals surface area contributed by atoms with Gasteiger partial charge in [0.25, 0.3) is 0 Å². The van der Waals surface area contributed by atoms with Crippen molar-refractivity contribution in [2.24, 2.45) is 0 Å². The highest BCUT2D eigenvalue weighted by atomic mass is 19.1. The van der Waals surface area contributed by atoms with Gasteiger partial charge in [-0.1, -0.05) is 60.7 Å². The first-order chi connectivity index (χ1) is 15.2. The summed E-state index contributed by atoms with van der Waals surface area (Å²) in [6.07, 6.45) is 2.99. The summed E-state index contributed by atoms with van der Waals surface area (Å²) in [6.45, 7) is 2.86. The predicted octanol–water partition coefficient (Wildman–Crippen LogP) is 5.78. The maximum Gasteiger partial charge on any atom is 0.407 e. The Kier molecular flexibility index (Phi) is 6.32. The summed E-state index contributed by atoms with van der Waals surface area (Å²) in [5.74, 6) is 0.139. The SMILES string of the molecule is CCOc1cc(F)cc(C=CCNC(=O)OCC2c3ccccc3-c3ccccc32)c1. The topological polar surface area (TPSA) is 47.6 Å². The second-order valence-electron chi connectivity index (χ2n) is 7.26. The van der Waals surface area contributed by atoms with Crippen LogP contribution >= 0.6 is 0 Å². The first-order valence-electron chi connectivity index (χ1n) is 10.3. The van der Waals surface area contributed by atoms with Gasteiger partial charge >= 0.3 is 6.09 Å². The normalized spacial score (nSPS) is 12.5. The molecule has 4 nitrogen and oxygen atoms in total. The molecule has 31 heavy (non-hydrogen) atoms. The molecule has 0 aliphatic heterocycles. The summed E-state index contributed by atoms with van der Waals surface area (Å²) < 4.78 is 24.5. The van der Waals surface area contributed by atoms with Crippen LogP contribution in [-0.2, 0) is 4.74 Å². The van der Waals surface area contributed by atoms with Crippen molar-refractivity contribution < 1.29 is 18.7 Å². The number of rotatable bonds is 7. The average molecular weight is 417 g/mol. The molecule has 0 bridgehead atoms. The number of amides is 1. The molecule has 5 heteroatoms. The fraction of sp³-hybridized carbons (Fsp3) is 0.192. The molecule has 0 unspecified atom stereocenters. The number of fused-ring (bicyclic) bond motifs is 3. The van der Waals surface area contributed by atoms with E-state index in [1.54, 1.807) is 18.2 Å². The first kappa shape index (κ1) is 20.7. The van der Waals surface area contributed by atoms with E-state index in [9.17, 15) is 9.18 Å². The number of halogens is 1. The van der Waals surface area contributed by atoms with E-state index in [1.807, 2.05) is 31.2 Å². The van der Waals surface area contributed by atoms with E-state index in [-0.39, 0.29) is 24.9 Å². The van der Waals surface area contributed by atoms with Crippen LogP contribution in [-0.4, -0.2) is 25.9 Å². The highest BCUT2D eigenvalue weighted by Crippen LogP contribution is 2.44. The van der Waals surface area contributed by atoms with Crippen LogP contribution in [0.25, 0.3) is 17.2 Å². The van der Waals surface area contributed by atoms with Crippen LogP contribution in [0.2, 0.25) is 0 Å².